The van der Waals surface area contributed by atoms with Crippen LogP contribution in [-0.2, 0) is 0 Å². The lowest BCUT2D eigenvalue weighted by molar-refractivity contribution is 0.319. The van der Waals surface area contributed by atoms with Gasteiger partial charge in [0.25, 0.3) is 0 Å². The predicted octanol–water partition coefficient (Wildman–Crippen LogP) is 2.01. The first-order chi connectivity index (χ1) is 6.13. The molecular weight excluding hydrogens is 166 g/mol. The maximum atomic E-state index is 9.03. The minimum absolute atomic E-state index is 0.0669. The summed E-state index contributed by atoms with van der Waals surface area (Å²) in [6.45, 7) is 6.00. The van der Waals surface area contributed by atoms with Crippen molar-refractivity contribution in [1.82, 2.24) is 5.16 Å². The van der Waals surface area contributed by atoms with Gasteiger partial charge in [0.15, 0.2) is 5.76 Å². The molecule has 0 amide bonds. The van der Waals surface area contributed by atoms with Crippen LogP contribution in [0.1, 0.15) is 25.3 Å². The molecule has 0 unspecified atom stereocenters. The van der Waals surface area contributed by atoms with E-state index in [1.54, 1.807) is 0 Å². The summed E-state index contributed by atoms with van der Waals surface area (Å²) < 4.78 is 5.01. The van der Waals surface area contributed by atoms with Crippen LogP contribution >= 0.6 is 0 Å². The number of rotatable bonds is 3. The summed E-state index contributed by atoms with van der Waals surface area (Å²) in [6, 6.07) is 1.85. The van der Waals surface area contributed by atoms with Crippen molar-refractivity contribution < 1.29 is 9.63 Å². The van der Waals surface area contributed by atoms with Crippen molar-refractivity contribution in [3.05, 3.63) is 23.1 Å². The molecule has 3 nitrogen and oxygen atoms in total. The molecule has 1 rings (SSSR count). The average molecular weight is 181 g/mol. The Morgan fingerprint density at radius 2 is 2.38 bits per heavy atom. The van der Waals surface area contributed by atoms with Gasteiger partial charge in [-0.1, -0.05) is 19.0 Å². The van der Waals surface area contributed by atoms with Gasteiger partial charge in [-0.15, -0.1) is 0 Å². The lowest BCUT2D eigenvalue weighted by Gasteiger charge is -2.05. The number of aliphatic hydroxyl groups is 1. The summed E-state index contributed by atoms with van der Waals surface area (Å²) in [5.74, 6) is 1.03. The molecule has 0 aliphatic rings. The summed E-state index contributed by atoms with van der Waals surface area (Å²) in [4.78, 5) is 0. The highest BCUT2D eigenvalue weighted by Crippen LogP contribution is 2.14. The topological polar surface area (TPSA) is 46.3 Å². The van der Waals surface area contributed by atoms with E-state index in [0.29, 0.717) is 11.7 Å². The van der Waals surface area contributed by atoms with Gasteiger partial charge in [0.05, 0.1) is 12.3 Å². The first-order valence-electron chi connectivity index (χ1n) is 4.38. The maximum absolute atomic E-state index is 9.03. The fraction of sp³-hybridized carbons (Fsp3) is 0.500. The fourth-order valence-electron chi connectivity index (χ4n) is 1.03. The molecule has 1 N–H and O–H groups in total. The monoisotopic (exact) mass is 181 g/mol. The third-order valence-corrected chi connectivity index (χ3v) is 1.90. The van der Waals surface area contributed by atoms with Crippen LogP contribution in [0.25, 0.3) is 6.08 Å². The summed E-state index contributed by atoms with van der Waals surface area (Å²) >= 11 is 0. The highest BCUT2D eigenvalue weighted by atomic mass is 16.5. The van der Waals surface area contributed by atoms with Crippen LogP contribution in [0.4, 0.5) is 0 Å². The molecule has 0 radical (unpaired) electrons. The Balaban J connectivity index is 2.84. The molecule has 3 heteroatoms. The third kappa shape index (κ3) is 2.70. The van der Waals surface area contributed by atoms with Crippen molar-refractivity contribution in [2.24, 2.45) is 5.92 Å². The van der Waals surface area contributed by atoms with E-state index in [-0.39, 0.29) is 6.61 Å². The lowest BCUT2D eigenvalue weighted by atomic mass is 10.0. The molecule has 13 heavy (non-hydrogen) atoms. The lowest BCUT2D eigenvalue weighted by Crippen LogP contribution is -1.98. The van der Waals surface area contributed by atoms with Crippen molar-refractivity contribution in [1.29, 1.82) is 0 Å². The predicted molar refractivity (Wildman–Crippen MR) is 51.1 cm³/mol. The van der Waals surface area contributed by atoms with Crippen LogP contribution in [-0.4, -0.2) is 16.9 Å². The molecule has 0 aliphatic carbocycles. The molecule has 0 aromatic carbocycles. The summed E-state index contributed by atoms with van der Waals surface area (Å²) in [5, 5.41) is 12.8. The number of aliphatic hydroxyl groups excluding tert-OH is 1. The van der Waals surface area contributed by atoms with Crippen LogP contribution in [0.15, 0.2) is 16.2 Å². The van der Waals surface area contributed by atoms with Crippen LogP contribution in [0.3, 0.4) is 0 Å². The number of nitrogens with zero attached hydrogens (tertiary/aromatic N) is 1. The Morgan fingerprint density at radius 3 is 2.77 bits per heavy atom. The molecule has 0 saturated carbocycles. The fourth-order valence-corrected chi connectivity index (χ4v) is 1.03. The Hall–Kier alpha value is -1.09. The van der Waals surface area contributed by atoms with Crippen molar-refractivity contribution in [2.45, 2.75) is 20.8 Å². The molecule has 0 bridgehead atoms. The first kappa shape index (κ1) is 9.99. The zero-order chi connectivity index (χ0) is 9.84. The molecular formula is C10H15NO2. The van der Waals surface area contributed by atoms with Gasteiger partial charge in [-0.05, 0) is 24.5 Å². The Bertz CT molecular complexity index is 300. The second-order valence-corrected chi connectivity index (χ2v) is 3.40. The summed E-state index contributed by atoms with van der Waals surface area (Å²) in [6.07, 6.45) is 1.84. The zero-order valence-electron chi connectivity index (χ0n) is 8.24. The van der Waals surface area contributed by atoms with Crippen molar-refractivity contribution in [3.63, 3.8) is 0 Å². The van der Waals surface area contributed by atoms with Gasteiger partial charge in [-0.3, -0.25) is 0 Å². The second-order valence-electron chi connectivity index (χ2n) is 3.40. The van der Waals surface area contributed by atoms with Crippen LogP contribution in [0.5, 0.6) is 0 Å². The van der Waals surface area contributed by atoms with Crippen LogP contribution in [0, 0.1) is 12.8 Å². The second kappa shape index (κ2) is 4.23. The van der Waals surface area contributed by atoms with E-state index in [9.17, 15) is 0 Å². The van der Waals surface area contributed by atoms with E-state index in [1.165, 1.54) is 0 Å². The van der Waals surface area contributed by atoms with Gasteiger partial charge < -0.3 is 9.63 Å². The molecule has 72 valence electrons. The van der Waals surface area contributed by atoms with Gasteiger partial charge in [-0.25, -0.2) is 0 Å². The standard InChI is InChI=1S/C10H15NO2/c1-7(2)9(6-12)5-10-4-8(3)11-13-10/h4-5,7,12H,6H2,1-3H3/b9-5-. The van der Waals surface area contributed by atoms with E-state index < -0.39 is 0 Å². The maximum Gasteiger partial charge on any atom is 0.159 e. The van der Waals surface area contributed by atoms with Crippen LogP contribution in [0.2, 0.25) is 0 Å². The molecule has 0 fully saturated rings. The molecule has 1 aromatic rings. The number of hydrogen-bond donors (Lipinski definition) is 1. The SMILES string of the molecule is Cc1cc(/C=C(/CO)C(C)C)on1. The van der Waals surface area contributed by atoms with E-state index >= 15 is 0 Å². The molecule has 0 aliphatic heterocycles. The van der Waals surface area contributed by atoms with E-state index in [2.05, 4.69) is 5.16 Å². The number of hydrogen-bond acceptors (Lipinski definition) is 3. The van der Waals surface area contributed by atoms with Gasteiger partial charge in [0, 0.05) is 6.07 Å². The zero-order valence-corrected chi connectivity index (χ0v) is 8.24. The molecule has 0 atom stereocenters. The first-order valence-corrected chi connectivity index (χ1v) is 4.38. The van der Waals surface area contributed by atoms with Gasteiger partial charge in [0.2, 0.25) is 0 Å². The summed E-state index contributed by atoms with van der Waals surface area (Å²) in [7, 11) is 0. The minimum Gasteiger partial charge on any atom is -0.392 e. The van der Waals surface area contributed by atoms with Crippen molar-refractivity contribution >= 4 is 6.08 Å². The molecule has 1 heterocycles. The normalized spacial score (nSPS) is 12.5. The van der Waals surface area contributed by atoms with Crippen molar-refractivity contribution in [3.8, 4) is 0 Å². The van der Waals surface area contributed by atoms with Gasteiger partial charge >= 0.3 is 0 Å². The van der Waals surface area contributed by atoms with E-state index in [4.69, 9.17) is 9.63 Å². The van der Waals surface area contributed by atoms with Crippen LogP contribution < -0.4 is 0 Å². The number of aryl methyl sites for hydroxylation is 1. The largest absolute Gasteiger partial charge is 0.392 e. The minimum atomic E-state index is 0.0669. The Kier molecular flexibility index (Phi) is 3.25. The molecule has 0 saturated heterocycles. The Labute approximate surface area is 78.1 Å². The average Bonchev–Trinajstić information content (AvgIpc) is 2.46. The van der Waals surface area contributed by atoms with Gasteiger partial charge in [0.1, 0.15) is 0 Å². The quantitative estimate of drug-likeness (QED) is 0.775. The smallest absolute Gasteiger partial charge is 0.159 e. The number of aromatic nitrogens is 1. The van der Waals surface area contributed by atoms with Crippen molar-refractivity contribution in [2.75, 3.05) is 6.61 Å². The highest BCUT2D eigenvalue weighted by molar-refractivity contribution is 5.48. The van der Waals surface area contributed by atoms with Gasteiger partial charge in [-0.2, -0.15) is 0 Å². The summed E-state index contributed by atoms with van der Waals surface area (Å²) in [5.41, 5.74) is 1.81. The van der Waals surface area contributed by atoms with E-state index in [0.717, 1.165) is 11.3 Å². The third-order valence-electron chi connectivity index (χ3n) is 1.90. The molecule has 0 spiro atoms. The Morgan fingerprint density at radius 1 is 1.69 bits per heavy atom. The van der Waals surface area contributed by atoms with E-state index in [1.807, 2.05) is 32.9 Å². The highest BCUT2D eigenvalue weighted by Gasteiger charge is 2.04. The molecule has 1 aromatic heterocycles.